The van der Waals surface area contributed by atoms with E-state index >= 15 is 0 Å². The maximum absolute atomic E-state index is 10.3. The summed E-state index contributed by atoms with van der Waals surface area (Å²) in [7, 11) is 1.50. The number of aldehydes is 1. The lowest BCUT2D eigenvalue weighted by molar-refractivity contribution is -0.118. The first-order chi connectivity index (χ1) is 10.0. The van der Waals surface area contributed by atoms with Crippen molar-refractivity contribution in [2.75, 3.05) is 7.05 Å². The molecule has 4 N–H and O–H groups in total. The molecule has 0 aromatic carbocycles. The molecule has 0 aromatic heterocycles. The van der Waals surface area contributed by atoms with Gasteiger partial charge in [0.1, 0.15) is 12.1 Å². The summed E-state index contributed by atoms with van der Waals surface area (Å²) in [6, 6.07) is 0. The molecule has 0 saturated carbocycles. The Morgan fingerprint density at radius 1 is 0.952 bits per heavy atom. The number of hydrogen-bond acceptors (Lipinski definition) is 4. The Balaban J connectivity index is -0.000000111. The van der Waals surface area contributed by atoms with Gasteiger partial charge in [0.05, 0.1) is 0 Å². The number of carbonyl (C=O) groups is 3. The van der Waals surface area contributed by atoms with Crippen molar-refractivity contribution in [1.82, 2.24) is 0 Å². The van der Waals surface area contributed by atoms with Crippen LogP contribution in [0.25, 0.3) is 0 Å². The average molecular weight is 304 g/mol. The van der Waals surface area contributed by atoms with E-state index in [4.69, 9.17) is 5.73 Å². The van der Waals surface area contributed by atoms with E-state index in [2.05, 4.69) is 12.7 Å². The summed E-state index contributed by atoms with van der Waals surface area (Å²) in [5.41, 5.74) is 9.35. The van der Waals surface area contributed by atoms with Crippen molar-refractivity contribution in [3.05, 3.63) is 0 Å². The lowest BCUT2D eigenvalue weighted by Gasteiger charge is -1.90. The highest BCUT2D eigenvalue weighted by atomic mass is 16.1. The number of ketones is 1. The summed E-state index contributed by atoms with van der Waals surface area (Å²) in [5, 5.41) is 0. The molecule has 0 aliphatic carbocycles. The highest BCUT2D eigenvalue weighted by molar-refractivity contribution is 5.75. The summed E-state index contributed by atoms with van der Waals surface area (Å²) in [6.45, 7) is 7.79. The highest BCUT2D eigenvalue weighted by Crippen LogP contribution is 1.98. The summed E-state index contributed by atoms with van der Waals surface area (Å²) in [4.78, 5) is 30.1. The number of carbonyl (C=O) groups excluding carboxylic acids is 3. The Kier molecular flexibility index (Phi) is 41.7. The van der Waals surface area contributed by atoms with Gasteiger partial charge in [-0.15, -0.1) is 0 Å². The molecule has 0 aliphatic heterocycles. The molecule has 0 fully saturated rings. The van der Waals surface area contributed by atoms with Crippen LogP contribution in [0.4, 0.5) is 0 Å². The number of rotatable bonds is 9. The van der Waals surface area contributed by atoms with Crippen molar-refractivity contribution in [1.29, 1.82) is 0 Å². The van der Waals surface area contributed by atoms with Crippen LogP contribution >= 0.6 is 0 Å². The molecule has 0 spiro atoms. The topological polar surface area (TPSA) is 103 Å². The van der Waals surface area contributed by atoms with Gasteiger partial charge in [0.15, 0.2) is 0 Å². The average Bonchev–Trinajstić information content (AvgIpc) is 2.48. The van der Waals surface area contributed by atoms with Crippen LogP contribution in [0.1, 0.15) is 79.1 Å². The van der Waals surface area contributed by atoms with Crippen LogP contribution in [0.5, 0.6) is 0 Å². The number of nitrogens with two attached hydrogens (primary N) is 2. The lowest BCUT2D eigenvalue weighted by Crippen LogP contribution is -2.09. The van der Waals surface area contributed by atoms with Gasteiger partial charge in [0.25, 0.3) is 0 Å². The molecule has 128 valence electrons. The lowest BCUT2D eigenvalue weighted by atomic mass is 10.2. The summed E-state index contributed by atoms with van der Waals surface area (Å²) in [6.07, 6.45) is 7.52. The molecule has 0 aliphatic rings. The van der Waals surface area contributed by atoms with E-state index in [0.717, 1.165) is 32.0 Å². The second-order valence-corrected chi connectivity index (χ2v) is 4.04. The number of amides is 1. The van der Waals surface area contributed by atoms with E-state index in [1.165, 1.54) is 19.9 Å². The van der Waals surface area contributed by atoms with E-state index in [1.807, 2.05) is 13.8 Å². The van der Waals surface area contributed by atoms with Crippen LogP contribution in [0.15, 0.2) is 0 Å². The van der Waals surface area contributed by atoms with Crippen molar-refractivity contribution >= 4 is 18.0 Å². The van der Waals surface area contributed by atoms with Gasteiger partial charge < -0.3 is 21.1 Å². The molecule has 5 nitrogen and oxygen atoms in total. The molecule has 0 bridgehead atoms. The third kappa shape index (κ3) is 55.3. The molecule has 0 radical (unpaired) electrons. The van der Waals surface area contributed by atoms with E-state index in [1.54, 1.807) is 6.92 Å². The second kappa shape index (κ2) is 31.3. The maximum atomic E-state index is 10.3. The third-order valence-electron chi connectivity index (χ3n) is 2.13. The molecule has 0 unspecified atom stereocenters. The summed E-state index contributed by atoms with van der Waals surface area (Å²) < 4.78 is 0. The Morgan fingerprint density at radius 3 is 1.76 bits per heavy atom. The fourth-order valence-corrected chi connectivity index (χ4v) is 1.15. The van der Waals surface area contributed by atoms with Gasteiger partial charge in [-0.05, 0) is 33.2 Å². The zero-order chi connectivity index (χ0) is 17.5. The molecule has 21 heavy (non-hydrogen) atoms. The molecule has 0 rings (SSSR count). The zero-order valence-corrected chi connectivity index (χ0v) is 14.6. The van der Waals surface area contributed by atoms with E-state index < -0.39 is 0 Å². The van der Waals surface area contributed by atoms with Crippen LogP contribution in [0, 0.1) is 0 Å². The predicted molar refractivity (Wildman–Crippen MR) is 90.0 cm³/mol. The van der Waals surface area contributed by atoms with Crippen LogP contribution in [0.2, 0.25) is 0 Å². The Labute approximate surface area is 130 Å². The predicted octanol–water partition coefficient (Wildman–Crippen LogP) is 2.99. The zero-order valence-electron chi connectivity index (χ0n) is 14.6. The first-order valence-corrected chi connectivity index (χ1v) is 7.83. The molecule has 1 amide bonds. The van der Waals surface area contributed by atoms with Gasteiger partial charge >= 0.3 is 0 Å². The van der Waals surface area contributed by atoms with Crippen LogP contribution in [0.3, 0.4) is 0 Å². The van der Waals surface area contributed by atoms with E-state index in [0.29, 0.717) is 18.6 Å². The van der Waals surface area contributed by atoms with Crippen LogP contribution in [-0.2, 0) is 14.4 Å². The van der Waals surface area contributed by atoms with Gasteiger partial charge in [-0.25, -0.2) is 0 Å². The normalized spacial score (nSPS) is 7.90. The summed E-state index contributed by atoms with van der Waals surface area (Å²) in [5.74, 6) is 0.0272. The molecule has 0 atom stereocenters. The minimum Gasteiger partial charge on any atom is -0.370 e. The molecule has 0 saturated heterocycles. The van der Waals surface area contributed by atoms with Crippen LogP contribution in [-0.4, -0.2) is 25.0 Å². The summed E-state index contributed by atoms with van der Waals surface area (Å²) >= 11 is 0. The molecular formula is C16H36N2O3. The largest absolute Gasteiger partial charge is 0.370 e. The maximum Gasteiger partial charge on any atom is 0.217 e. The van der Waals surface area contributed by atoms with Crippen molar-refractivity contribution < 1.29 is 14.4 Å². The van der Waals surface area contributed by atoms with Crippen molar-refractivity contribution in [3.63, 3.8) is 0 Å². The quantitative estimate of drug-likeness (QED) is 0.504. The van der Waals surface area contributed by atoms with Crippen LogP contribution < -0.4 is 11.5 Å². The van der Waals surface area contributed by atoms with Gasteiger partial charge in [-0.2, -0.15) is 0 Å². The van der Waals surface area contributed by atoms with Gasteiger partial charge in [0.2, 0.25) is 5.91 Å². The Morgan fingerprint density at radius 2 is 1.43 bits per heavy atom. The highest BCUT2D eigenvalue weighted by Gasteiger charge is 1.92. The molecule has 5 heteroatoms. The Bertz CT molecular complexity index is 220. The number of hydrogen-bond donors (Lipinski definition) is 2. The van der Waals surface area contributed by atoms with E-state index in [9.17, 15) is 14.4 Å². The fraction of sp³-hybridized carbons (Fsp3) is 0.812. The molecular weight excluding hydrogens is 268 g/mol. The first kappa shape index (κ1) is 28.0. The standard InChI is InChI=1S/C7H14O.C6H11NO2.C2H6.CH5N/c1-3-4-5-6-7(2)8;7-6(9)4-2-1-3-5-8;2*1-2/h3-6H2,1-2H3;5H,1-4H2,(H2,7,9);1-2H3;2H2,1H3. The Hall–Kier alpha value is -1.23. The monoisotopic (exact) mass is 304 g/mol. The van der Waals surface area contributed by atoms with Crippen molar-refractivity contribution in [2.45, 2.75) is 79.1 Å². The first-order valence-electron chi connectivity index (χ1n) is 7.83. The van der Waals surface area contributed by atoms with Gasteiger partial charge in [0, 0.05) is 19.3 Å². The minimum atomic E-state index is -0.291. The SMILES string of the molecule is CC.CCCCCC(C)=O.CN.NC(=O)CCCCC=O. The number of Topliss-reactive ketones (excluding diaryl/α,β-unsaturated/α-hetero) is 1. The third-order valence-corrected chi connectivity index (χ3v) is 2.13. The number of primary amides is 1. The van der Waals surface area contributed by atoms with E-state index in [-0.39, 0.29) is 5.91 Å². The molecule has 0 heterocycles. The van der Waals surface area contributed by atoms with Crippen molar-refractivity contribution in [3.8, 4) is 0 Å². The van der Waals surface area contributed by atoms with Crippen molar-refractivity contribution in [2.24, 2.45) is 11.5 Å². The fourth-order valence-electron chi connectivity index (χ4n) is 1.15. The van der Waals surface area contributed by atoms with Gasteiger partial charge in [-0.1, -0.05) is 33.6 Å². The number of unbranched alkanes of at least 4 members (excludes halogenated alkanes) is 4. The van der Waals surface area contributed by atoms with Gasteiger partial charge in [-0.3, -0.25) is 4.79 Å². The minimum absolute atomic E-state index is 0.291. The molecule has 0 aromatic rings. The smallest absolute Gasteiger partial charge is 0.217 e. The second-order valence-electron chi connectivity index (χ2n) is 4.04.